The normalized spacial score (nSPS) is 11.5. The predicted octanol–water partition coefficient (Wildman–Crippen LogP) is 5.68. The largest absolute Gasteiger partial charge is 0.382 e. The molecular weight excluding hydrogens is 340 g/mol. The molecule has 0 spiro atoms. The van der Waals surface area contributed by atoms with Crippen LogP contribution in [0.2, 0.25) is 0 Å². The molecule has 0 bridgehead atoms. The fourth-order valence-corrected chi connectivity index (χ4v) is 4.42. The summed E-state index contributed by atoms with van der Waals surface area (Å²) in [6.07, 6.45) is 9.83. The number of nitrogens with zero attached hydrogens (tertiary/aromatic N) is 3. The molecule has 0 saturated heterocycles. The third-order valence-corrected chi connectivity index (χ3v) is 6.20. The van der Waals surface area contributed by atoms with E-state index >= 15 is 0 Å². The van der Waals surface area contributed by atoms with Gasteiger partial charge in [0, 0.05) is 18.7 Å². The van der Waals surface area contributed by atoms with E-state index in [0.717, 1.165) is 24.2 Å². The maximum absolute atomic E-state index is 6.18. The second-order valence-corrected chi connectivity index (χ2v) is 8.44. The number of thioether (sulfide) groups is 1. The highest BCUT2D eigenvalue weighted by atomic mass is 32.2. The molecule has 0 atom stereocenters. The molecule has 0 aromatic carbocycles. The molecule has 146 valence electrons. The van der Waals surface area contributed by atoms with E-state index < -0.39 is 0 Å². The number of aromatic nitrogens is 3. The lowest BCUT2D eigenvalue weighted by Crippen LogP contribution is -2.06. The third-order valence-electron chi connectivity index (χ3n) is 5.04. The first-order valence-corrected chi connectivity index (χ1v) is 11.4. The van der Waals surface area contributed by atoms with Crippen LogP contribution in [0.15, 0.2) is 0 Å². The van der Waals surface area contributed by atoms with Crippen molar-refractivity contribution < 1.29 is 0 Å². The van der Waals surface area contributed by atoms with Crippen molar-refractivity contribution in [3.63, 3.8) is 0 Å². The first kappa shape index (κ1) is 21.1. The number of hydrogen-bond donors (Lipinski definition) is 1. The van der Waals surface area contributed by atoms with E-state index in [1.165, 1.54) is 73.4 Å². The number of unbranched alkanes of at least 4 members (excludes halogenated alkanes) is 4. The minimum Gasteiger partial charge on any atom is -0.382 e. The first-order valence-electron chi connectivity index (χ1n) is 10.3. The van der Waals surface area contributed by atoms with Gasteiger partial charge in [-0.05, 0) is 56.6 Å². The Kier molecular flexibility index (Phi) is 8.76. The average molecular weight is 377 g/mol. The summed E-state index contributed by atoms with van der Waals surface area (Å²) < 4.78 is 2.43. The molecule has 2 N–H and O–H groups in total. The Labute approximate surface area is 163 Å². The van der Waals surface area contributed by atoms with Crippen LogP contribution in [0.4, 0.5) is 5.82 Å². The lowest BCUT2D eigenvalue weighted by molar-refractivity contribution is 0.584. The van der Waals surface area contributed by atoms with Crippen molar-refractivity contribution in [3.05, 3.63) is 17.1 Å². The second kappa shape index (κ2) is 10.8. The average Bonchev–Trinajstić information content (AvgIpc) is 2.99. The highest BCUT2D eigenvalue weighted by Crippen LogP contribution is 2.27. The number of aryl methyl sites for hydroxylation is 4. The smallest absolute Gasteiger partial charge is 0.151 e. The zero-order chi connectivity index (χ0) is 18.9. The van der Waals surface area contributed by atoms with Crippen molar-refractivity contribution in [1.82, 2.24) is 14.5 Å². The van der Waals surface area contributed by atoms with Crippen LogP contribution >= 0.6 is 11.8 Å². The number of imidazole rings is 1. The molecule has 26 heavy (non-hydrogen) atoms. The number of rotatable bonds is 12. The predicted molar refractivity (Wildman–Crippen MR) is 116 cm³/mol. The highest BCUT2D eigenvalue weighted by molar-refractivity contribution is 7.99. The zero-order valence-corrected chi connectivity index (χ0v) is 17.9. The summed E-state index contributed by atoms with van der Waals surface area (Å²) in [5.74, 6) is 4.37. The Bertz CT molecular complexity index is 693. The van der Waals surface area contributed by atoms with E-state index in [9.17, 15) is 0 Å². The molecule has 0 aliphatic rings. The van der Waals surface area contributed by atoms with Gasteiger partial charge in [-0.3, -0.25) is 0 Å². The molecule has 2 rings (SSSR count). The van der Waals surface area contributed by atoms with E-state index in [1.807, 2.05) is 6.92 Å². The van der Waals surface area contributed by atoms with Gasteiger partial charge in [0.1, 0.15) is 11.3 Å². The van der Waals surface area contributed by atoms with E-state index in [0.29, 0.717) is 5.82 Å². The summed E-state index contributed by atoms with van der Waals surface area (Å²) in [5.41, 5.74) is 10.5. The van der Waals surface area contributed by atoms with E-state index in [-0.39, 0.29) is 0 Å². The quantitative estimate of drug-likeness (QED) is 0.484. The van der Waals surface area contributed by atoms with E-state index in [4.69, 9.17) is 10.7 Å². The van der Waals surface area contributed by atoms with Gasteiger partial charge in [0.2, 0.25) is 0 Å². The van der Waals surface area contributed by atoms with Gasteiger partial charge in [-0.1, -0.05) is 33.1 Å². The summed E-state index contributed by atoms with van der Waals surface area (Å²) in [6.45, 7) is 9.73. The highest BCUT2D eigenvalue weighted by Gasteiger charge is 2.17. The molecule has 2 aromatic heterocycles. The monoisotopic (exact) mass is 376 g/mol. The molecular formula is C21H36N4S. The fraction of sp³-hybridized carbons (Fsp3) is 0.714. The van der Waals surface area contributed by atoms with Gasteiger partial charge in [0.05, 0.1) is 5.52 Å². The molecule has 0 radical (unpaired) electrons. The van der Waals surface area contributed by atoms with Crippen molar-refractivity contribution in [2.75, 3.05) is 17.2 Å². The Balaban J connectivity index is 2.06. The summed E-state index contributed by atoms with van der Waals surface area (Å²) >= 11 is 2.10. The summed E-state index contributed by atoms with van der Waals surface area (Å²) in [7, 11) is 0. The van der Waals surface area contributed by atoms with Crippen LogP contribution in [0.1, 0.15) is 75.9 Å². The number of pyridine rings is 1. The van der Waals surface area contributed by atoms with Gasteiger partial charge in [0.15, 0.2) is 5.82 Å². The molecule has 0 fully saturated rings. The SMILES string of the molecule is CCCCSCCCCCn1c(CCCC)nc2c(N)nc(C)c(C)c21. The molecule has 0 aliphatic carbocycles. The molecule has 0 aliphatic heterocycles. The fourth-order valence-electron chi connectivity index (χ4n) is 3.31. The Hall–Kier alpha value is -1.23. The Morgan fingerprint density at radius 1 is 0.923 bits per heavy atom. The number of nitrogens with two attached hydrogens (primary N) is 1. The number of hydrogen-bond acceptors (Lipinski definition) is 4. The van der Waals surface area contributed by atoms with Crippen molar-refractivity contribution in [1.29, 1.82) is 0 Å². The number of anilines is 1. The molecule has 2 heterocycles. The molecule has 0 unspecified atom stereocenters. The topological polar surface area (TPSA) is 56.7 Å². The van der Waals surface area contributed by atoms with E-state index in [2.05, 4.69) is 42.1 Å². The van der Waals surface area contributed by atoms with Crippen molar-refractivity contribution in [2.24, 2.45) is 0 Å². The summed E-state index contributed by atoms with van der Waals surface area (Å²) in [6, 6.07) is 0. The van der Waals surface area contributed by atoms with Crippen molar-refractivity contribution in [2.45, 2.75) is 85.6 Å². The van der Waals surface area contributed by atoms with Crippen LogP contribution < -0.4 is 5.73 Å². The van der Waals surface area contributed by atoms with Gasteiger partial charge in [0.25, 0.3) is 0 Å². The summed E-state index contributed by atoms with van der Waals surface area (Å²) in [5, 5.41) is 0. The summed E-state index contributed by atoms with van der Waals surface area (Å²) in [4.78, 5) is 9.35. The van der Waals surface area contributed by atoms with Crippen LogP contribution in [0.25, 0.3) is 11.0 Å². The molecule has 2 aromatic rings. The standard InChI is InChI=1S/C21H36N4S/c1-5-7-12-18-24-19-20(16(3)17(4)23-21(19)22)25(18)13-10-9-11-15-26-14-8-6-2/h5-15H2,1-4H3,(H2,22,23). The van der Waals surface area contributed by atoms with Gasteiger partial charge in [-0.15, -0.1) is 0 Å². The Morgan fingerprint density at radius 2 is 1.65 bits per heavy atom. The van der Waals surface area contributed by atoms with Crippen molar-refractivity contribution in [3.8, 4) is 0 Å². The third kappa shape index (κ3) is 5.38. The Morgan fingerprint density at radius 3 is 2.38 bits per heavy atom. The first-order chi connectivity index (χ1) is 12.6. The molecule has 5 heteroatoms. The number of nitrogen functional groups attached to an aromatic ring is 1. The zero-order valence-electron chi connectivity index (χ0n) is 17.1. The maximum atomic E-state index is 6.18. The molecule has 4 nitrogen and oxygen atoms in total. The van der Waals surface area contributed by atoms with Gasteiger partial charge in [-0.2, -0.15) is 11.8 Å². The lowest BCUT2D eigenvalue weighted by Gasteiger charge is -2.12. The van der Waals surface area contributed by atoms with Crippen LogP contribution in [0.3, 0.4) is 0 Å². The van der Waals surface area contributed by atoms with Gasteiger partial charge in [-0.25, -0.2) is 9.97 Å². The van der Waals surface area contributed by atoms with Gasteiger partial charge >= 0.3 is 0 Å². The lowest BCUT2D eigenvalue weighted by atomic mass is 10.1. The maximum Gasteiger partial charge on any atom is 0.151 e. The van der Waals surface area contributed by atoms with Gasteiger partial charge < -0.3 is 10.3 Å². The molecule has 0 amide bonds. The van der Waals surface area contributed by atoms with E-state index in [1.54, 1.807) is 0 Å². The van der Waals surface area contributed by atoms with Crippen LogP contribution in [-0.4, -0.2) is 26.0 Å². The molecule has 0 saturated carbocycles. The van der Waals surface area contributed by atoms with Crippen LogP contribution in [-0.2, 0) is 13.0 Å². The second-order valence-electron chi connectivity index (χ2n) is 7.21. The van der Waals surface area contributed by atoms with Crippen molar-refractivity contribution >= 4 is 28.6 Å². The van der Waals surface area contributed by atoms with Crippen LogP contribution in [0, 0.1) is 13.8 Å². The minimum absolute atomic E-state index is 0.576. The van der Waals surface area contributed by atoms with Crippen LogP contribution in [0.5, 0.6) is 0 Å². The minimum atomic E-state index is 0.576. The number of fused-ring (bicyclic) bond motifs is 1.